The Labute approximate surface area is 73.2 Å². The van der Waals surface area contributed by atoms with Gasteiger partial charge < -0.3 is 9.53 Å². The van der Waals surface area contributed by atoms with Crippen LogP contribution in [0.25, 0.3) is 0 Å². The van der Waals surface area contributed by atoms with Crippen molar-refractivity contribution in [2.75, 3.05) is 7.11 Å². The zero-order chi connectivity index (χ0) is 9.40. The van der Waals surface area contributed by atoms with E-state index in [0.29, 0.717) is 0 Å². The Morgan fingerprint density at radius 1 is 1.42 bits per heavy atom. The van der Waals surface area contributed by atoms with E-state index in [1.165, 1.54) is 12.5 Å². The molecule has 1 rings (SSSR count). The minimum Gasteiger partial charge on any atom is -0.497 e. The van der Waals surface area contributed by atoms with Crippen LogP contribution >= 0.6 is 0 Å². The van der Waals surface area contributed by atoms with Gasteiger partial charge in [0, 0.05) is 0 Å². The number of rotatable bonds is 1. The maximum Gasteiger partial charge on any atom is 0.119 e. The highest BCUT2D eigenvalue weighted by molar-refractivity contribution is 5.44. The quantitative estimate of drug-likeness (QED) is 0.598. The van der Waals surface area contributed by atoms with Crippen LogP contribution in [0.1, 0.15) is 12.5 Å². The zero-order valence-corrected chi connectivity index (χ0v) is 7.70. The van der Waals surface area contributed by atoms with E-state index in [2.05, 4.69) is 0 Å². The Bertz CT molecular complexity index is 231. The van der Waals surface area contributed by atoms with E-state index in [0.717, 1.165) is 12.0 Å². The van der Waals surface area contributed by atoms with Crippen molar-refractivity contribution in [2.24, 2.45) is 0 Å². The van der Waals surface area contributed by atoms with Crippen LogP contribution in [0.15, 0.2) is 24.3 Å². The Balaban J connectivity index is 0.000000354. The van der Waals surface area contributed by atoms with E-state index in [9.17, 15) is 0 Å². The van der Waals surface area contributed by atoms with E-state index < -0.39 is 0 Å². The van der Waals surface area contributed by atoms with Crippen LogP contribution in [0, 0.1) is 6.92 Å². The van der Waals surface area contributed by atoms with Gasteiger partial charge in [0.15, 0.2) is 0 Å². The maximum atomic E-state index is 8.81. The highest BCUT2D eigenvalue weighted by Crippen LogP contribution is 2.10. The summed E-state index contributed by atoms with van der Waals surface area (Å²) in [5, 5.41) is 0. The van der Waals surface area contributed by atoms with Crippen LogP contribution in [-0.2, 0) is 4.79 Å². The summed E-state index contributed by atoms with van der Waals surface area (Å²) in [5.41, 5.74) is 1.23. The van der Waals surface area contributed by atoms with Crippen LogP contribution in [0.4, 0.5) is 0 Å². The minimum absolute atomic E-state index is 0.750. The number of hydrogen-bond acceptors (Lipinski definition) is 2. The van der Waals surface area contributed by atoms with Crippen LogP contribution < -0.4 is 4.74 Å². The Morgan fingerprint density at radius 3 is 2.33 bits per heavy atom. The molecule has 0 saturated heterocycles. The topological polar surface area (TPSA) is 26.3 Å². The van der Waals surface area contributed by atoms with E-state index in [-0.39, 0.29) is 0 Å². The fourth-order valence-corrected chi connectivity index (χ4v) is 0.742. The first-order chi connectivity index (χ1) is 5.74. The van der Waals surface area contributed by atoms with Gasteiger partial charge in [-0.25, -0.2) is 0 Å². The van der Waals surface area contributed by atoms with E-state index in [1.807, 2.05) is 31.2 Å². The highest BCUT2D eigenvalue weighted by Gasteiger charge is 1.86. The molecular formula is C10H14O2. The summed E-state index contributed by atoms with van der Waals surface area (Å²) in [6, 6.07) is 7.96. The molecule has 0 radical (unpaired) electrons. The molecule has 0 saturated carbocycles. The van der Waals surface area contributed by atoms with E-state index >= 15 is 0 Å². The molecule has 0 unspecified atom stereocenters. The van der Waals surface area contributed by atoms with Gasteiger partial charge in [0.1, 0.15) is 12.0 Å². The fraction of sp³-hybridized carbons (Fsp3) is 0.300. The van der Waals surface area contributed by atoms with Crippen molar-refractivity contribution in [3.63, 3.8) is 0 Å². The summed E-state index contributed by atoms with van der Waals surface area (Å²) in [5.74, 6) is 0.926. The minimum atomic E-state index is 0.750. The third-order valence-electron chi connectivity index (χ3n) is 1.23. The average molecular weight is 166 g/mol. The lowest BCUT2D eigenvalue weighted by Gasteiger charge is -1.97. The standard InChI is InChI=1S/C8H10O.C2H4O/c1-7-4-3-5-8(6-7)9-2;1-2-3/h3-6H,1-2H3;2H,1H3. The lowest BCUT2D eigenvalue weighted by molar-refractivity contribution is -0.106. The molecule has 0 atom stereocenters. The molecule has 2 nitrogen and oxygen atoms in total. The second-order valence-corrected chi connectivity index (χ2v) is 2.26. The molecule has 0 aliphatic heterocycles. The second kappa shape index (κ2) is 6.40. The van der Waals surface area contributed by atoms with Crippen LogP contribution in [0.3, 0.4) is 0 Å². The smallest absolute Gasteiger partial charge is 0.119 e. The largest absolute Gasteiger partial charge is 0.497 e. The Kier molecular flexibility index (Phi) is 5.70. The first-order valence-corrected chi connectivity index (χ1v) is 3.75. The van der Waals surface area contributed by atoms with E-state index in [4.69, 9.17) is 9.53 Å². The van der Waals surface area contributed by atoms with Crippen LogP contribution in [0.5, 0.6) is 5.75 Å². The number of hydrogen-bond donors (Lipinski definition) is 0. The second-order valence-electron chi connectivity index (χ2n) is 2.26. The molecule has 2 heteroatoms. The number of aryl methyl sites for hydroxylation is 1. The molecule has 0 aliphatic rings. The maximum absolute atomic E-state index is 8.81. The molecule has 0 heterocycles. The molecule has 0 amide bonds. The number of methoxy groups -OCH3 is 1. The summed E-state index contributed by atoms with van der Waals surface area (Å²) >= 11 is 0. The third kappa shape index (κ3) is 4.50. The van der Waals surface area contributed by atoms with Crippen molar-refractivity contribution < 1.29 is 9.53 Å². The molecule has 0 aliphatic carbocycles. The van der Waals surface area contributed by atoms with Crippen molar-refractivity contribution >= 4 is 6.29 Å². The first-order valence-electron chi connectivity index (χ1n) is 3.75. The van der Waals surface area contributed by atoms with Gasteiger partial charge in [-0.05, 0) is 31.5 Å². The predicted molar refractivity (Wildman–Crippen MR) is 49.5 cm³/mol. The molecule has 0 fully saturated rings. The van der Waals surface area contributed by atoms with E-state index in [1.54, 1.807) is 7.11 Å². The first kappa shape index (κ1) is 10.7. The fourth-order valence-electron chi connectivity index (χ4n) is 0.742. The Morgan fingerprint density at radius 2 is 2.00 bits per heavy atom. The van der Waals surface area contributed by atoms with Crippen LogP contribution in [-0.4, -0.2) is 13.4 Å². The van der Waals surface area contributed by atoms with Crippen molar-refractivity contribution in [1.29, 1.82) is 0 Å². The van der Waals surface area contributed by atoms with Gasteiger partial charge in [0.05, 0.1) is 7.11 Å². The summed E-state index contributed by atoms with van der Waals surface area (Å²) < 4.78 is 5.00. The molecule has 0 spiro atoms. The summed E-state index contributed by atoms with van der Waals surface area (Å²) in [4.78, 5) is 8.81. The summed E-state index contributed by atoms with van der Waals surface area (Å²) in [6.07, 6.45) is 0.750. The SMILES string of the molecule is CC=O.COc1cccc(C)c1. The number of carbonyl (C=O) groups is 1. The van der Waals surface area contributed by atoms with Gasteiger partial charge >= 0.3 is 0 Å². The molecule has 1 aromatic carbocycles. The number of ether oxygens (including phenoxy) is 1. The van der Waals surface area contributed by atoms with Crippen molar-refractivity contribution in [1.82, 2.24) is 0 Å². The molecule has 1 aromatic rings. The van der Waals surface area contributed by atoms with Crippen molar-refractivity contribution in [2.45, 2.75) is 13.8 Å². The van der Waals surface area contributed by atoms with Gasteiger partial charge in [-0.15, -0.1) is 0 Å². The lowest BCUT2D eigenvalue weighted by atomic mass is 10.2. The Hall–Kier alpha value is -1.31. The molecule has 66 valence electrons. The predicted octanol–water partition coefficient (Wildman–Crippen LogP) is 2.21. The zero-order valence-electron chi connectivity index (χ0n) is 7.70. The van der Waals surface area contributed by atoms with Gasteiger partial charge in [-0.2, -0.15) is 0 Å². The summed E-state index contributed by atoms with van der Waals surface area (Å²) in [7, 11) is 1.68. The van der Waals surface area contributed by atoms with Gasteiger partial charge in [-0.3, -0.25) is 0 Å². The molecule has 0 N–H and O–H groups in total. The third-order valence-corrected chi connectivity index (χ3v) is 1.23. The van der Waals surface area contributed by atoms with Crippen molar-refractivity contribution in [3.8, 4) is 5.75 Å². The molecular weight excluding hydrogens is 152 g/mol. The van der Waals surface area contributed by atoms with Gasteiger partial charge in [0.25, 0.3) is 0 Å². The number of benzene rings is 1. The molecule has 0 aromatic heterocycles. The van der Waals surface area contributed by atoms with Crippen molar-refractivity contribution in [3.05, 3.63) is 29.8 Å². The average Bonchev–Trinajstić information content (AvgIpc) is 2.06. The monoisotopic (exact) mass is 166 g/mol. The van der Waals surface area contributed by atoms with Crippen LogP contribution in [0.2, 0.25) is 0 Å². The normalized spacial score (nSPS) is 7.92. The molecule has 12 heavy (non-hydrogen) atoms. The van der Waals surface area contributed by atoms with Gasteiger partial charge in [-0.1, -0.05) is 12.1 Å². The number of aldehydes is 1. The lowest BCUT2D eigenvalue weighted by Crippen LogP contribution is -1.81. The number of carbonyl (C=O) groups excluding carboxylic acids is 1. The highest BCUT2D eigenvalue weighted by atomic mass is 16.5. The molecule has 0 bridgehead atoms. The summed E-state index contributed by atoms with van der Waals surface area (Å²) in [6.45, 7) is 3.49. The van der Waals surface area contributed by atoms with Gasteiger partial charge in [0.2, 0.25) is 0 Å².